The van der Waals surface area contributed by atoms with Crippen LogP contribution in [0.3, 0.4) is 0 Å². The molecule has 7 heteroatoms. The Morgan fingerprint density at radius 2 is 2.05 bits per heavy atom. The van der Waals surface area contributed by atoms with Crippen LogP contribution in [-0.4, -0.2) is 27.0 Å². The minimum atomic E-state index is -0.301. The molecule has 2 aromatic heterocycles. The first kappa shape index (κ1) is 16.2. The molecule has 4 N–H and O–H groups in total. The number of aromatic nitrogens is 3. The molecule has 0 saturated carbocycles. The highest BCUT2D eigenvalue weighted by molar-refractivity contribution is 5.88. The predicted octanol–water partition coefficient (Wildman–Crippen LogP) is 1.43. The average Bonchev–Trinajstić information content (AvgIpc) is 2.82. The van der Waals surface area contributed by atoms with Gasteiger partial charge in [-0.3, -0.25) is 4.79 Å². The third kappa shape index (κ3) is 3.19. The molecule has 0 bridgehead atoms. The summed E-state index contributed by atoms with van der Waals surface area (Å²) in [6.07, 6.45) is 0.993. The maximum absolute atomic E-state index is 11.0. The van der Waals surface area contributed by atoms with Crippen molar-refractivity contribution >= 4 is 22.8 Å². The van der Waals surface area contributed by atoms with Gasteiger partial charge in [-0.05, 0) is 32.8 Å². The molecule has 2 rings (SSSR count). The first-order valence-corrected chi connectivity index (χ1v) is 7.43. The van der Waals surface area contributed by atoms with Gasteiger partial charge in [-0.2, -0.15) is 0 Å². The molecule has 0 radical (unpaired) electrons. The fraction of sp³-hybridized carbons (Fsp3) is 0.533. The van der Waals surface area contributed by atoms with E-state index in [1.165, 1.54) is 0 Å². The number of nitrogens with two attached hydrogens (primary N) is 2. The molecule has 0 aliphatic carbocycles. The fourth-order valence-corrected chi connectivity index (χ4v) is 2.50. The normalized spacial score (nSPS) is 11.2. The number of nitrogens with zero attached hydrogens (tertiary/aromatic N) is 3. The van der Waals surface area contributed by atoms with Gasteiger partial charge < -0.3 is 20.8 Å². The van der Waals surface area contributed by atoms with Crippen molar-refractivity contribution < 1.29 is 9.53 Å². The molecule has 120 valence electrons. The monoisotopic (exact) mass is 305 g/mol. The molecule has 22 heavy (non-hydrogen) atoms. The van der Waals surface area contributed by atoms with E-state index >= 15 is 0 Å². The zero-order valence-electron chi connectivity index (χ0n) is 13.3. The van der Waals surface area contributed by atoms with Gasteiger partial charge in [-0.25, -0.2) is 9.97 Å². The van der Waals surface area contributed by atoms with E-state index in [9.17, 15) is 4.79 Å². The van der Waals surface area contributed by atoms with Gasteiger partial charge in [-0.1, -0.05) is 0 Å². The highest BCUT2D eigenvalue weighted by atomic mass is 16.5. The number of fused-ring (bicyclic) bond motifs is 1. The molecule has 0 fully saturated rings. The van der Waals surface area contributed by atoms with Gasteiger partial charge in [0.15, 0.2) is 5.82 Å². The van der Waals surface area contributed by atoms with Gasteiger partial charge in [0.25, 0.3) is 0 Å². The number of rotatable bonds is 7. The van der Waals surface area contributed by atoms with Crippen LogP contribution in [0.15, 0.2) is 0 Å². The highest BCUT2D eigenvalue weighted by Crippen LogP contribution is 2.26. The van der Waals surface area contributed by atoms with Crippen molar-refractivity contribution in [1.82, 2.24) is 14.5 Å². The van der Waals surface area contributed by atoms with E-state index in [0.29, 0.717) is 43.9 Å². The van der Waals surface area contributed by atoms with E-state index in [1.807, 2.05) is 20.8 Å². The Hall–Kier alpha value is -2.15. The summed E-state index contributed by atoms with van der Waals surface area (Å²) in [6.45, 7) is 7.52. The maximum atomic E-state index is 11.0. The van der Waals surface area contributed by atoms with Crippen molar-refractivity contribution in [3.05, 3.63) is 17.1 Å². The summed E-state index contributed by atoms with van der Waals surface area (Å²) in [6, 6.07) is 0. The summed E-state index contributed by atoms with van der Waals surface area (Å²) in [5, 5.41) is 0. The number of anilines is 1. The minimum absolute atomic E-state index is 0.301. The van der Waals surface area contributed by atoms with Crippen molar-refractivity contribution in [3.63, 3.8) is 0 Å². The Bertz CT molecular complexity index is 693. The van der Waals surface area contributed by atoms with E-state index in [1.54, 1.807) is 0 Å². The van der Waals surface area contributed by atoms with Crippen LogP contribution in [0.5, 0.6) is 0 Å². The third-order valence-corrected chi connectivity index (χ3v) is 3.72. The second-order valence-electron chi connectivity index (χ2n) is 5.29. The Morgan fingerprint density at radius 1 is 1.32 bits per heavy atom. The first-order chi connectivity index (χ1) is 10.5. The van der Waals surface area contributed by atoms with Crippen LogP contribution in [0.1, 0.15) is 36.8 Å². The molecule has 0 saturated heterocycles. The van der Waals surface area contributed by atoms with Crippen molar-refractivity contribution in [2.24, 2.45) is 5.73 Å². The predicted molar refractivity (Wildman–Crippen MR) is 85.2 cm³/mol. The number of carbonyl (C=O) groups is 1. The second-order valence-corrected chi connectivity index (χ2v) is 5.29. The van der Waals surface area contributed by atoms with Gasteiger partial charge in [0.1, 0.15) is 17.9 Å². The lowest BCUT2D eigenvalue weighted by atomic mass is 10.2. The van der Waals surface area contributed by atoms with Crippen LogP contribution in [0.4, 0.5) is 5.82 Å². The zero-order valence-corrected chi connectivity index (χ0v) is 13.3. The van der Waals surface area contributed by atoms with E-state index in [0.717, 1.165) is 22.6 Å². The lowest BCUT2D eigenvalue weighted by Gasteiger charge is -2.11. The lowest BCUT2D eigenvalue weighted by molar-refractivity contribution is -0.118. The minimum Gasteiger partial charge on any atom is -0.382 e. The quantitative estimate of drug-likeness (QED) is 0.804. The lowest BCUT2D eigenvalue weighted by Crippen LogP contribution is -2.13. The molecule has 0 spiro atoms. The SMILES string of the molecule is CCOCc1nc2c(N)nc(C)c(C)c2n1CCCC(N)=O. The van der Waals surface area contributed by atoms with Crippen molar-refractivity contribution in [1.29, 1.82) is 0 Å². The van der Waals surface area contributed by atoms with Crippen LogP contribution in [0.25, 0.3) is 11.0 Å². The van der Waals surface area contributed by atoms with Crippen molar-refractivity contribution in [2.75, 3.05) is 12.3 Å². The summed E-state index contributed by atoms with van der Waals surface area (Å²) in [4.78, 5) is 19.9. The van der Waals surface area contributed by atoms with Crippen LogP contribution >= 0.6 is 0 Å². The molecule has 0 aromatic carbocycles. The van der Waals surface area contributed by atoms with Gasteiger partial charge in [-0.15, -0.1) is 0 Å². The molecule has 7 nitrogen and oxygen atoms in total. The van der Waals surface area contributed by atoms with Gasteiger partial charge in [0, 0.05) is 25.3 Å². The Balaban J connectivity index is 2.49. The highest BCUT2D eigenvalue weighted by Gasteiger charge is 2.17. The summed E-state index contributed by atoms with van der Waals surface area (Å²) in [5.74, 6) is 0.915. The van der Waals surface area contributed by atoms with Gasteiger partial charge in [0.05, 0.1) is 5.52 Å². The molecule has 0 atom stereocenters. The maximum Gasteiger partial charge on any atom is 0.217 e. The molecule has 2 aromatic rings. The van der Waals surface area contributed by atoms with Gasteiger partial charge >= 0.3 is 0 Å². The molecular formula is C15H23N5O2. The van der Waals surface area contributed by atoms with E-state index in [-0.39, 0.29) is 5.91 Å². The molecule has 0 aliphatic heterocycles. The molecule has 2 heterocycles. The standard InChI is InChI=1S/C15H23N5O2/c1-4-22-8-12-19-13-14(9(2)10(3)18-15(13)17)20(12)7-5-6-11(16)21/h4-8H2,1-3H3,(H2,16,21)(H2,17,18). The van der Waals surface area contributed by atoms with Crippen LogP contribution in [-0.2, 0) is 22.7 Å². The largest absolute Gasteiger partial charge is 0.382 e. The zero-order chi connectivity index (χ0) is 16.3. The summed E-state index contributed by atoms with van der Waals surface area (Å²) in [5.41, 5.74) is 14.8. The summed E-state index contributed by atoms with van der Waals surface area (Å²) < 4.78 is 7.55. The van der Waals surface area contributed by atoms with Crippen LogP contribution in [0.2, 0.25) is 0 Å². The molecule has 1 amide bonds. The van der Waals surface area contributed by atoms with Crippen LogP contribution < -0.4 is 11.5 Å². The number of hydrogen-bond acceptors (Lipinski definition) is 5. The number of nitrogen functional groups attached to an aromatic ring is 1. The number of aryl methyl sites for hydroxylation is 3. The summed E-state index contributed by atoms with van der Waals surface area (Å²) in [7, 11) is 0. The number of hydrogen-bond donors (Lipinski definition) is 2. The third-order valence-electron chi connectivity index (χ3n) is 3.72. The van der Waals surface area contributed by atoms with Crippen molar-refractivity contribution in [2.45, 2.75) is 46.8 Å². The summed E-state index contributed by atoms with van der Waals surface area (Å²) >= 11 is 0. The molecule has 0 aliphatic rings. The van der Waals surface area contributed by atoms with Crippen LogP contribution in [0, 0.1) is 13.8 Å². The average molecular weight is 305 g/mol. The van der Waals surface area contributed by atoms with E-state index in [2.05, 4.69) is 14.5 Å². The van der Waals surface area contributed by atoms with E-state index in [4.69, 9.17) is 16.2 Å². The fourth-order valence-electron chi connectivity index (χ4n) is 2.50. The number of amides is 1. The smallest absolute Gasteiger partial charge is 0.217 e. The Morgan fingerprint density at radius 3 is 2.68 bits per heavy atom. The van der Waals surface area contributed by atoms with Gasteiger partial charge in [0.2, 0.25) is 5.91 Å². The van der Waals surface area contributed by atoms with Crippen molar-refractivity contribution in [3.8, 4) is 0 Å². The number of ether oxygens (including phenoxy) is 1. The molecular weight excluding hydrogens is 282 g/mol. The number of imidazole rings is 1. The molecule has 0 unspecified atom stereocenters. The van der Waals surface area contributed by atoms with E-state index < -0.39 is 0 Å². The number of pyridine rings is 1. The number of primary amides is 1. The topological polar surface area (TPSA) is 109 Å². The second kappa shape index (κ2) is 6.74. The Labute approximate surface area is 129 Å². The Kier molecular flexibility index (Phi) is 4.97. The first-order valence-electron chi connectivity index (χ1n) is 7.43. The number of carbonyl (C=O) groups excluding carboxylic acids is 1.